The summed E-state index contributed by atoms with van der Waals surface area (Å²) >= 11 is 0. The van der Waals surface area contributed by atoms with E-state index in [0.717, 1.165) is 38.1 Å². The summed E-state index contributed by atoms with van der Waals surface area (Å²) in [6.45, 7) is 0.913. The van der Waals surface area contributed by atoms with Gasteiger partial charge in [0.15, 0.2) is 0 Å². The first-order valence-corrected chi connectivity index (χ1v) is 4.30. The highest BCUT2D eigenvalue weighted by atomic mass is 16.5. The van der Waals surface area contributed by atoms with Gasteiger partial charge in [-0.1, -0.05) is 0 Å². The van der Waals surface area contributed by atoms with E-state index < -0.39 is 0 Å². The molecule has 2 aliphatic heterocycles. The topological polar surface area (TPSA) is 47.6 Å². The highest BCUT2D eigenvalue weighted by molar-refractivity contribution is 5.81. The van der Waals surface area contributed by atoms with E-state index >= 15 is 0 Å². The third-order valence-electron chi connectivity index (χ3n) is 2.42. The highest BCUT2D eigenvalue weighted by Gasteiger charge is 2.28. The van der Waals surface area contributed by atoms with Gasteiger partial charge in [0.1, 0.15) is 0 Å². The number of fused-ring (bicyclic) bond motifs is 1. The zero-order valence-corrected chi connectivity index (χ0v) is 6.62. The molecule has 2 heterocycles. The van der Waals surface area contributed by atoms with Crippen LogP contribution in [-0.2, 0) is 4.74 Å². The van der Waals surface area contributed by atoms with Crippen molar-refractivity contribution < 1.29 is 4.74 Å². The molecule has 3 nitrogen and oxygen atoms in total. The number of hydrogen-bond donors (Lipinski definition) is 1. The second-order valence-electron chi connectivity index (χ2n) is 3.28. The zero-order valence-electron chi connectivity index (χ0n) is 6.62. The van der Waals surface area contributed by atoms with E-state index in [-0.39, 0.29) is 0 Å². The molecule has 2 N–H and O–H groups in total. The Labute approximate surface area is 66.6 Å². The molecule has 0 bridgehead atoms. The number of nitrogens with two attached hydrogens (primary N) is 1. The lowest BCUT2D eigenvalue weighted by atomic mass is 9.96. The van der Waals surface area contributed by atoms with Crippen LogP contribution >= 0.6 is 0 Å². The van der Waals surface area contributed by atoms with E-state index in [2.05, 4.69) is 4.99 Å². The SMILES string of the molecule is NC1=NC2CCCOC2CC1. The summed E-state index contributed by atoms with van der Waals surface area (Å²) in [5, 5.41) is 0. The second kappa shape index (κ2) is 2.81. The van der Waals surface area contributed by atoms with E-state index in [9.17, 15) is 0 Å². The molecule has 0 aromatic rings. The van der Waals surface area contributed by atoms with Crippen molar-refractivity contribution >= 4 is 5.84 Å². The van der Waals surface area contributed by atoms with E-state index in [0.29, 0.717) is 12.1 Å². The minimum absolute atomic E-state index is 0.371. The zero-order chi connectivity index (χ0) is 7.68. The van der Waals surface area contributed by atoms with E-state index in [1.807, 2.05) is 0 Å². The Morgan fingerprint density at radius 3 is 3.27 bits per heavy atom. The number of nitrogens with zero attached hydrogens (tertiary/aromatic N) is 1. The Bertz CT molecular complexity index is 179. The predicted molar refractivity (Wildman–Crippen MR) is 43.6 cm³/mol. The van der Waals surface area contributed by atoms with Crippen molar-refractivity contribution in [2.24, 2.45) is 10.7 Å². The molecule has 2 aliphatic rings. The van der Waals surface area contributed by atoms with Crippen molar-refractivity contribution in [1.82, 2.24) is 0 Å². The Morgan fingerprint density at radius 1 is 1.45 bits per heavy atom. The second-order valence-corrected chi connectivity index (χ2v) is 3.28. The lowest BCUT2D eigenvalue weighted by Crippen LogP contribution is -2.38. The molecular formula is C8H14N2O. The average molecular weight is 154 g/mol. The van der Waals surface area contributed by atoms with Gasteiger partial charge in [0.05, 0.1) is 18.0 Å². The molecule has 62 valence electrons. The van der Waals surface area contributed by atoms with Crippen LogP contribution in [0.15, 0.2) is 4.99 Å². The lowest BCUT2D eigenvalue weighted by molar-refractivity contribution is -0.00454. The smallest absolute Gasteiger partial charge is 0.0942 e. The third kappa shape index (κ3) is 1.38. The minimum atomic E-state index is 0.371. The summed E-state index contributed by atoms with van der Waals surface area (Å²) in [4.78, 5) is 4.37. The van der Waals surface area contributed by atoms with E-state index in [1.165, 1.54) is 0 Å². The minimum Gasteiger partial charge on any atom is -0.387 e. The van der Waals surface area contributed by atoms with Gasteiger partial charge in [0.2, 0.25) is 0 Å². The van der Waals surface area contributed by atoms with Crippen LogP contribution in [0.3, 0.4) is 0 Å². The number of hydrogen-bond acceptors (Lipinski definition) is 3. The Balaban J connectivity index is 2.07. The first kappa shape index (κ1) is 7.10. The van der Waals surface area contributed by atoms with Crippen LogP contribution < -0.4 is 5.73 Å². The van der Waals surface area contributed by atoms with E-state index in [1.54, 1.807) is 0 Å². The molecule has 0 amide bonds. The van der Waals surface area contributed by atoms with Crippen LogP contribution in [-0.4, -0.2) is 24.6 Å². The molecule has 3 heteroatoms. The molecule has 0 aromatic heterocycles. The van der Waals surface area contributed by atoms with Crippen molar-refractivity contribution in [3.05, 3.63) is 0 Å². The molecule has 2 atom stereocenters. The summed E-state index contributed by atoms with van der Waals surface area (Å²) in [7, 11) is 0. The Morgan fingerprint density at radius 2 is 2.36 bits per heavy atom. The monoisotopic (exact) mass is 154 g/mol. The molecule has 0 radical (unpaired) electrons. The van der Waals surface area contributed by atoms with Crippen LogP contribution in [0, 0.1) is 0 Å². The first-order valence-electron chi connectivity index (χ1n) is 4.30. The maximum Gasteiger partial charge on any atom is 0.0942 e. The summed E-state index contributed by atoms with van der Waals surface area (Å²) in [6.07, 6.45) is 4.65. The Kier molecular flexibility index (Phi) is 1.82. The van der Waals surface area contributed by atoms with Gasteiger partial charge >= 0.3 is 0 Å². The first-order chi connectivity index (χ1) is 5.36. The van der Waals surface area contributed by atoms with Crippen molar-refractivity contribution in [1.29, 1.82) is 0 Å². The maximum atomic E-state index is 5.64. The average Bonchev–Trinajstić information content (AvgIpc) is 2.04. The predicted octanol–water partition coefficient (Wildman–Crippen LogP) is 0.685. The van der Waals surface area contributed by atoms with Gasteiger partial charge in [-0.15, -0.1) is 0 Å². The lowest BCUT2D eigenvalue weighted by Gasteiger charge is -2.32. The molecule has 0 saturated carbocycles. The van der Waals surface area contributed by atoms with Crippen molar-refractivity contribution in [3.63, 3.8) is 0 Å². The van der Waals surface area contributed by atoms with Crippen LogP contribution in [0.5, 0.6) is 0 Å². The molecule has 1 saturated heterocycles. The van der Waals surface area contributed by atoms with Gasteiger partial charge in [-0.05, 0) is 19.3 Å². The highest BCUT2D eigenvalue weighted by Crippen LogP contribution is 2.24. The molecule has 11 heavy (non-hydrogen) atoms. The van der Waals surface area contributed by atoms with Crippen molar-refractivity contribution in [2.45, 2.75) is 37.8 Å². The summed E-state index contributed by atoms with van der Waals surface area (Å²) < 4.78 is 5.57. The van der Waals surface area contributed by atoms with Crippen molar-refractivity contribution in [2.75, 3.05) is 6.61 Å². The number of rotatable bonds is 0. The number of aliphatic imine (C=N–C) groups is 1. The van der Waals surface area contributed by atoms with Crippen LogP contribution in [0.2, 0.25) is 0 Å². The normalized spacial score (nSPS) is 37.6. The van der Waals surface area contributed by atoms with Gasteiger partial charge in [0.25, 0.3) is 0 Å². The maximum absolute atomic E-state index is 5.64. The van der Waals surface area contributed by atoms with Gasteiger partial charge < -0.3 is 10.5 Å². The van der Waals surface area contributed by atoms with Crippen molar-refractivity contribution in [3.8, 4) is 0 Å². The van der Waals surface area contributed by atoms with Crippen LogP contribution in [0.25, 0.3) is 0 Å². The molecule has 2 unspecified atom stereocenters. The van der Waals surface area contributed by atoms with Gasteiger partial charge in [-0.2, -0.15) is 0 Å². The fourth-order valence-electron chi connectivity index (χ4n) is 1.82. The molecule has 2 rings (SSSR count). The fourth-order valence-corrected chi connectivity index (χ4v) is 1.82. The quantitative estimate of drug-likeness (QED) is 0.558. The number of ether oxygens (including phenoxy) is 1. The Hall–Kier alpha value is -0.570. The largest absolute Gasteiger partial charge is 0.387 e. The van der Waals surface area contributed by atoms with Gasteiger partial charge in [-0.25, -0.2) is 0 Å². The molecule has 0 aromatic carbocycles. The standard InChI is InChI=1S/C8H14N2O/c9-8-4-3-7-6(10-8)2-1-5-11-7/h6-7H,1-5H2,(H2,9,10). The van der Waals surface area contributed by atoms with E-state index in [4.69, 9.17) is 10.5 Å². The van der Waals surface area contributed by atoms with Gasteiger partial charge in [-0.3, -0.25) is 4.99 Å². The third-order valence-corrected chi connectivity index (χ3v) is 2.42. The molecule has 0 aliphatic carbocycles. The molecule has 1 fully saturated rings. The molecular weight excluding hydrogens is 140 g/mol. The molecule has 0 spiro atoms. The fraction of sp³-hybridized carbons (Fsp3) is 0.875. The summed E-state index contributed by atoms with van der Waals surface area (Å²) in [5.74, 6) is 0.816. The van der Waals surface area contributed by atoms with Gasteiger partial charge in [0, 0.05) is 13.0 Å². The van der Waals surface area contributed by atoms with Crippen LogP contribution in [0.1, 0.15) is 25.7 Å². The number of amidine groups is 1. The summed E-state index contributed by atoms with van der Waals surface area (Å²) in [6, 6.07) is 0.373. The van der Waals surface area contributed by atoms with Crippen LogP contribution in [0.4, 0.5) is 0 Å². The summed E-state index contributed by atoms with van der Waals surface area (Å²) in [5.41, 5.74) is 5.64.